The zero-order chi connectivity index (χ0) is 15.7. The summed E-state index contributed by atoms with van der Waals surface area (Å²) >= 11 is 1.50. The van der Waals surface area contributed by atoms with Gasteiger partial charge in [0.25, 0.3) is 0 Å². The van der Waals surface area contributed by atoms with Crippen molar-refractivity contribution in [3.63, 3.8) is 0 Å². The van der Waals surface area contributed by atoms with E-state index in [2.05, 4.69) is 9.98 Å². The summed E-state index contributed by atoms with van der Waals surface area (Å²) in [4.78, 5) is 8.08. The number of thioether (sulfide) groups is 1. The lowest BCUT2D eigenvalue weighted by molar-refractivity contribution is 0.480. The average Bonchev–Trinajstić information content (AvgIpc) is 2.48. The van der Waals surface area contributed by atoms with Crippen LogP contribution in [0.4, 0.5) is 8.78 Å². The Morgan fingerprint density at radius 2 is 2.05 bits per heavy atom. The van der Waals surface area contributed by atoms with Gasteiger partial charge in [0.15, 0.2) is 5.17 Å². The molecule has 1 aromatic carbocycles. The molecule has 0 bridgehead atoms. The molecule has 0 fully saturated rings. The molecule has 1 aliphatic heterocycles. The molecule has 0 radical (unpaired) electrons. The van der Waals surface area contributed by atoms with Gasteiger partial charge in [-0.3, -0.25) is 4.99 Å². The van der Waals surface area contributed by atoms with Crippen molar-refractivity contribution >= 4 is 16.9 Å². The number of hydrogen-bond donors (Lipinski definition) is 1. The van der Waals surface area contributed by atoms with Gasteiger partial charge >= 0.3 is 0 Å². The van der Waals surface area contributed by atoms with Gasteiger partial charge in [-0.1, -0.05) is 17.8 Å². The molecule has 6 heteroatoms. The molecule has 0 saturated heterocycles. The van der Waals surface area contributed by atoms with Gasteiger partial charge in [0.05, 0.1) is 5.54 Å². The predicted molar refractivity (Wildman–Crippen MR) is 85.6 cm³/mol. The summed E-state index contributed by atoms with van der Waals surface area (Å²) in [6.45, 7) is 1.95. The van der Waals surface area contributed by atoms with Crippen LogP contribution >= 0.6 is 11.8 Å². The van der Waals surface area contributed by atoms with E-state index < -0.39 is 17.3 Å². The molecule has 0 saturated carbocycles. The molecule has 1 atom stereocenters. The number of benzene rings is 1. The van der Waals surface area contributed by atoms with Crippen molar-refractivity contribution in [3.05, 3.63) is 53.9 Å². The van der Waals surface area contributed by atoms with Gasteiger partial charge < -0.3 is 5.73 Å². The van der Waals surface area contributed by atoms with Crippen molar-refractivity contribution in [3.8, 4) is 11.1 Å². The van der Waals surface area contributed by atoms with Crippen molar-refractivity contribution in [1.82, 2.24) is 4.98 Å². The van der Waals surface area contributed by atoms with E-state index in [1.54, 1.807) is 18.2 Å². The zero-order valence-electron chi connectivity index (χ0n) is 12.0. The molecular formula is C16H15F2N3S. The first-order chi connectivity index (χ1) is 10.5. The van der Waals surface area contributed by atoms with E-state index in [9.17, 15) is 8.78 Å². The molecule has 2 heterocycles. The van der Waals surface area contributed by atoms with E-state index in [0.29, 0.717) is 5.17 Å². The number of pyridine rings is 1. The molecule has 1 aliphatic rings. The topological polar surface area (TPSA) is 51.3 Å². The molecule has 0 aliphatic carbocycles. The van der Waals surface area contributed by atoms with Gasteiger partial charge in [0.2, 0.25) is 5.95 Å². The minimum Gasteiger partial charge on any atom is -0.379 e. The summed E-state index contributed by atoms with van der Waals surface area (Å²) in [7, 11) is 0. The lowest BCUT2D eigenvalue weighted by Gasteiger charge is -2.30. The number of aromatic nitrogens is 1. The Labute approximate surface area is 131 Å². The third kappa shape index (κ3) is 2.70. The summed E-state index contributed by atoms with van der Waals surface area (Å²) in [5, 5.41) is 0.521. The fraction of sp³-hybridized carbons (Fsp3) is 0.250. The van der Waals surface area contributed by atoms with E-state index in [4.69, 9.17) is 5.73 Å². The van der Waals surface area contributed by atoms with Crippen LogP contribution in [0.1, 0.15) is 18.9 Å². The highest BCUT2D eigenvalue weighted by Gasteiger charge is 2.30. The maximum Gasteiger partial charge on any atom is 0.220 e. The van der Waals surface area contributed by atoms with E-state index in [1.165, 1.54) is 30.1 Å². The number of amidine groups is 1. The smallest absolute Gasteiger partial charge is 0.220 e. The van der Waals surface area contributed by atoms with Crippen molar-refractivity contribution in [2.75, 3.05) is 5.75 Å². The normalized spacial score (nSPS) is 21.5. The standard InChI is InChI=1S/C16H15F2N3S/c1-16(6-8-22-15(19)21-16)10-4-5-13(17)12(9-10)11-3-2-7-20-14(11)18/h2-5,7,9H,6,8H2,1H3,(H2,19,21). The Hall–Kier alpha value is -1.95. The monoisotopic (exact) mass is 319 g/mol. The fourth-order valence-corrected chi connectivity index (χ4v) is 3.52. The Morgan fingerprint density at radius 3 is 2.77 bits per heavy atom. The summed E-state index contributed by atoms with van der Waals surface area (Å²) in [6, 6.07) is 7.76. The number of hydrogen-bond acceptors (Lipinski definition) is 4. The molecule has 2 N–H and O–H groups in total. The molecule has 114 valence electrons. The zero-order valence-corrected chi connectivity index (χ0v) is 12.8. The summed E-state index contributed by atoms with van der Waals surface area (Å²) in [5.74, 6) is -0.327. The highest BCUT2D eigenvalue weighted by Crippen LogP contribution is 2.37. The van der Waals surface area contributed by atoms with Crippen LogP contribution in [0.2, 0.25) is 0 Å². The summed E-state index contributed by atoms with van der Waals surface area (Å²) in [5.41, 5.74) is 6.45. The molecule has 1 unspecified atom stereocenters. The van der Waals surface area contributed by atoms with Crippen LogP contribution in [-0.4, -0.2) is 15.9 Å². The van der Waals surface area contributed by atoms with Gasteiger partial charge in [-0.05, 0) is 43.2 Å². The van der Waals surface area contributed by atoms with Gasteiger partial charge in [-0.15, -0.1) is 0 Å². The molecule has 22 heavy (non-hydrogen) atoms. The van der Waals surface area contributed by atoms with Crippen molar-refractivity contribution < 1.29 is 8.78 Å². The lowest BCUT2D eigenvalue weighted by atomic mass is 9.88. The molecule has 1 aromatic heterocycles. The van der Waals surface area contributed by atoms with Gasteiger partial charge in [-0.2, -0.15) is 4.39 Å². The Morgan fingerprint density at radius 1 is 1.23 bits per heavy atom. The Bertz CT molecular complexity index is 748. The molecule has 3 nitrogen and oxygen atoms in total. The molecule has 0 spiro atoms. The third-order valence-corrected chi connectivity index (χ3v) is 4.63. The maximum absolute atomic E-state index is 14.1. The SMILES string of the molecule is CC1(c2ccc(F)c(-c3cccnc3F)c2)CCSC(N)=N1. The van der Waals surface area contributed by atoms with Crippen molar-refractivity contribution in [1.29, 1.82) is 0 Å². The Balaban J connectivity index is 2.12. The number of halogens is 2. The second-order valence-electron chi connectivity index (χ2n) is 5.36. The highest BCUT2D eigenvalue weighted by atomic mass is 32.2. The summed E-state index contributed by atoms with van der Waals surface area (Å²) in [6.07, 6.45) is 2.13. The maximum atomic E-state index is 14.1. The first-order valence-electron chi connectivity index (χ1n) is 6.89. The summed E-state index contributed by atoms with van der Waals surface area (Å²) < 4.78 is 28.0. The Kier molecular flexibility index (Phi) is 3.87. The van der Waals surface area contributed by atoms with Crippen molar-refractivity contribution in [2.45, 2.75) is 18.9 Å². The van der Waals surface area contributed by atoms with Gasteiger partial charge in [-0.25, -0.2) is 9.37 Å². The first-order valence-corrected chi connectivity index (χ1v) is 7.87. The van der Waals surface area contributed by atoms with E-state index in [1.807, 2.05) is 6.92 Å². The second kappa shape index (κ2) is 5.68. The van der Waals surface area contributed by atoms with Crippen LogP contribution in [0.5, 0.6) is 0 Å². The van der Waals surface area contributed by atoms with Crippen LogP contribution in [0.25, 0.3) is 11.1 Å². The average molecular weight is 319 g/mol. The second-order valence-corrected chi connectivity index (χ2v) is 6.47. The van der Waals surface area contributed by atoms with Gasteiger partial charge in [0.1, 0.15) is 5.82 Å². The lowest BCUT2D eigenvalue weighted by Crippen LogP contribution is -2.28. The fourth-order valence-electron chi connectivity index (χ4n) is 2.55. The first kappa shape index (κ1) is 15.0. The minimum atomic E-state index is -0.689. The van der Waals surface area contributed by atoms with Crippen molar-refractivity contribution in [2.24, 2.45) is 10.7 Å². The number of nitrogens with two attached hydrogens (primary N) is 1. The third-order valence-electron chi connectivity index (χ3n) is 3.83. The van der Waals surface area contributed by atoms with Crippen LogP contribution in [0.3, 0.4) is 0 Å². The van der Waals surface area contributed by atoms with E-state index in [-0.39, 0.29) is 11.1 Å². The van der Waals surface area contributed by atoms with E-state index >= 15 is 0 Å². The number of rotatable bonds is 2. The van der Waals surface area contributed by atoms with Crippen LogP contribution in [0.15, 0.2) is 41.5 Å². The number of aliphatic imine (C=N–C) groups is 1. The van der Waals surface area contributed by atoms with E-state index in [0.717, 1.165) is 17.7 Å². The molecular weight excluding hydrogens is 304 g/mol. The highest BCUT2D eigenvalue weighted by molar-refractivity contribution is 8.13. The molecule has 3 rings (SSSR count). The van der Waals surface area contributed by atoms with Crippen LogP contribution < -0.4 is 5.73 Å². The minimum absolute atomic E-state index is 0.146. The number of nitrogens with zero attached hydrogens (tertiary/aromatic N) is 2. The predicted octanol–water partition coefficient (Wildman–Crippen LogP) is 3.69. The van der Waals surface area contributed by atoms with Gasteiger partial charge in [0, 0.05) is 23.1 Å². The molecule has 0 amide bonds. The van der Waals surface area contributed by atoms with Crippen LogP contribution in [0, 0.1) is 11.8 Å². The molecule has 2 aromatic rings. The largest absolute Gasteiger partial charge is 0.379 e. The van der Waals surface area contributed by atoms with Crippen LogP contribution in [-0.2, 0) is 5.54 Å². The quantitative estimate of drug-likeness (QED) is 0.859.